The molecule has 0 aliphatic carbocycles. The second-order valence-corrected chi connectivity index (χ2v) is 10.4. The molecule has 0 bridgehead atoms. The summed E-state index contributed by atoms with van der Waals surface area (Å²) in [7, 11) is 3.53. The molecule has 5 heteroatoms. The molecule has 0 saturated carbocycles. The Bertz CT molecular complexity index is 1390. The van der Waals surface area contributed by atoms with Crippen molar-refractivity contribution in [2.75, 3.05) is 32.1 Å². The lowest BCUT2D eigenvalue weighted by Gasteiger charge is -2.22. The maximum atomic E-state index is 13.9. The molecule has 0 unspecified atom stereocenters. The van der Waals surface area contributed by atoms with Crippen molar-refractivity contribution in [2.45, 2.75) is 55.1 Å². The molecule has 2 heterocycles. The first-order valence-corrected chi connectivity index (χ1v) is 13.1. The van der Waals surface area contributed by atoms with Gasteiger partial charge in [0.2, 0.25) is 0 Å². The van der Waals surface area contributed by atoms with E-state index < -0.39 is 6.17 Å². The standard InChI is InChI=1S/C33H38FN3O.2CH4/c1-8-9-29(25-11-13-32(30(18-25)31-19-35-31)37-15-14-27(34)20-37)24(5)21(2)16-22(3)28-12-10-26(17-23(28)4)33(38)36(6)7;;/h8-13,16-19,27,35H,1,14-15,20H2,2-7H3;2*1H4/b22-16+,24-21+,29-9+;;/t27-;;/m0../s1. The molecule has 4 rings (SSSR count). The van der Waals surface area contributed by atoms with Crippen LogP contribution < -0.4 is 10.2 Å². The summed E-state index contributed by atoms with van der Waals surface area (Å²) in [5, 5.41) is 3.23. The van der Waals surface area contributed by atoms with Gasteiger partial charge < -0.3 is 15.1 Å². The molecule has 0 spiro atoms. The van der Waals surface area contributed by atoms with Crippen molar-refractivity contribution in [2.24, 2.45) is 0 Å². The molecule has 1 amide bonds. The average Bonchev–Trinajstić information content (AvgIpc) is 3.65. The topological polar surface area (TPSA) is 45.5 Å². The highest BCUT2D eigenvalue weighted by molar-refractivity contribution is 5.94. The van der Waals surface area contributed by atoms with E-state index >= 15 is 0 Å². The molecule has 1 N–H and O–H groups in total. The van der Waals surface area contributed by atoms with Gasteiger partial charge >= 0.3 is 0 Å². The third-order valence-electron chi connectivity index (χ3n) is 7.38. The van der Waals surface area contributed by atoms with E-state index in [2.05, 4.69) is 67.9 Å². The van der Waals surface area contributed by atoms with Gasteiger partial charge in [0.25, 0.3) is 5.91 Å². The van der Waals surface area contributed by atoms with Crippen LogP contribution in [-0.2, 0) is 0 Å². The van der Waals surface area contributed by atoms with Crippen molar-refractivity contribution in [3.63, 3.8) is 0 Å². The van der Waals surface area contributed by atoms with Crippen molar-refractivity contribution < 1.29 is 9.18 Å². The fourth-order valence-electron chi connectivity index (χ4n) is 5.10. The van der Waals surface area contributed by atoms with Crippen LogP contribution in [0.2, 0.25) is 0 Å². The van der Waals surface area contributed by atoms with Gasteiger partial charge in [-0.25, -0.2) is 4.39 Å². The number of hydrogen-bond donors (Lipinski definition) is 1. The average molecular weight is 544 g/mol. The second kappa shape index (κ2) is 13.5. The number of alkyl halides is 1. The predicted octanol–water partition coefficient (Wildman–Crippen LogP) is 8.43. The van der Waals surface area contributed by atoms with Gasteiger partial charge in [-0.15, -0.1) is 0 Å². The number of benzene rings is 2. The number of amides is 1. The zero-order chi connectivity index (χ0) is 27.6. The van der Waals surface area contributed by atoms with E-state index in [4.69, 9.17) is 0 Å². The Morgan fingerprint density at radius 2 is 1.77 bits per heavy atom. The van der Waals surface area contributed by atoms with Crippen LogP contribution in [-0.4, -0.2) is 44.2 Å². The molecule has 2 aromatic rings. The Morgan fingerprint density at radius 1 is 1.10 bits per heavy atom. The van der Waals surface area contributed by atoms with Crippen LogP contribution in [0, 0.1) is 6.92 Å². The summed E-state index contributed by atoms with van der Waals surface area (Å²) in [6, 6.07) is 12.3. The van der Waals surface area contributed by atoms with Gasteiger partial charge in [-0.05, 0) is 97.4 Å². The van der Waals surface area contributed by atoms with E-state index in [1.54, 1.807) is 19.0 Å². The van der Waals surface area contributed by atoms with Gasteiger partial charge in [0, 0.05) is 50.2 Å². The molecule has 1 fully saturated rings. The van der Waals surface area contributed by atoms with Crippen LogP contribution in [0.3, 0.4) is 0 Å². The van der Waals surface area contributed by atoms with E-state index in [9.17, 15) is 9.18 Å². The molecule has 1 atom stereocenters. The molecule has 40 heavy (non-hydrogen) atoms. The highest BCUT2D eigenvalue weighted by Crippen LogP contribution is 2.37. The van der Waals surface area contributed by atoms with Crippen LogP contribution in [0.4, 0.5) is 10.1 Å². The molecular formula is C35H46FN3O. The Hall–Kier alpha value is -3.86. The summed E-state index contributed by atoms with van der Waals surface area (Å²) in [6.45, 7) is 13.6. The molecular weight excluding hydrogens is 497 g/mol. The molecule has 4 nitrogen and oxygen atoms in total. The Labute approximate surface area is 241 Å². The number of hydrogen-bond acceptors (Lipinski definition) is 3. The number of nitrogens with zero attached hydrogens (tertiary/aromatic N) is 2. The minimum absolute atomic E-state index is 0. The summed E-state index contributed by atoms with van der Waals surface area (Å²) in [4.78, 5) is 16.1. The molecule has 0 aromatic heterocycles. The first-order valence-electron chi connectivity index (χ1n) is 13.1. The van der Waals surface area contributed by atoms with E-state index in [-0.39, 0.29) is 20.8 Å². The fourth-order valence-corrected chi connectivity index (χ4v) is 5.10. The maximum absolute atomic E-state index is 13.9. The summed E-state index contributed by atoms with van der Waals surface area (Å²) in [5.74, 6) is 0.00389. The summed E-state index contributed by atoms with van der Waals surface area (Å²) < 4.78 is 13.9. The summed E-state index contributed by atoms with van der Waals surface area (Å²) in [5.41, 5.74) is 11.8. The van der Waals surface area contributed by atoms with E-state index in [0.717, 1.165) is 62.5 Å². The first kappa shape index (κ1) is 32.4. The summed E-state index contributed by atoms with van der Waals surface area (Å²) >= 11 is 0. The highest BCUT2D eigenvalue weighted by Gasteiger charge is 2.26. The lowest BCUT2D eigenvalue weighted by atomic mass is 9.91. The monoisotopic (exact) mass is 543 g/mol. The second-order valence-electron chi connectivity index (χ2n) is 10.4. The van der Waals surface area contributed by atoms with E-state index in [1.165, 1.54) is 0 Å². The number of allylic oxidation sites excluding steroid dienone is 7. The molecule has 2 aliphatic rings. The van der Waals surface area contributed by atoms with Gasteiger partial charge in [0.05, 0.1) is 5.70 Å². The van der Waals surface area contributed by atoms with Crippen LogP contribution in [0.25, 0.3) is 16.8 Å². The number of anilines is 1. The number of carbonyl (C=O) groups is 1. The Kier molecular flexibility index (Phi) is 10.9. The lowest BCUT2D eigenvalue weighted by molar-refractivity contribution is 0.0827. The van der Waals surface area contributed by atoms with Crippen molar-refractivity contribution in [1.29, 1.82) is 0 Å². The number of nitrogens with one attached hydrogen (secondary N) is 1. The largest absolute Gasteiger partial charge is 0.368 e. The molecule has 1 saturated heterocycles. The molecule has 0 radical (unpaired) electrons. The summed E-state index contributed by atoms with van der Waals surface area (Å²) in [6.07, 6.45) is 7.88. The zero-order valence-electron chi connectivity index (χ0n) is 23.4. The van der Waals surface area contributed by atoms with Crippen molar-refractivity contribution in [1.82, 2.24) is 10.2 Å². The number of rotatable bonds is 8. The Balaban J connectivity index is 0.00000280. The van der Waals surface area contributed by atoms with Gasteiger partial charge in [0.15, 0.2) is 0 Å². The normalized spacial score (nSPS) is 17.1. The van der Waals surface area contributed by atoms with Gasteiger partial charge in [-0.3, -0.25) is 4.79 Å². The van der Waals surface area contributed by atoms with Gasteiger partial charge in [0.1, 0.15) is 6.17 Å². The predicted molar refractivity (Wildman–Crippen MR) is 172 cm³/mol. The third-order valence-corrected chi connectivity index (χ3v) is 7.38. The van der Waals surface area contributed by atoms with Gasteiger partial charge in [-0.2, -0.15) is 0 Å². The van der Waals surface area contributed by atoms with Crippen molar-refractivity contribution >= 4 is 28.4 Å². The van der Waals surface area contributed by atoms with Crippen LogP contribution in [0.1, 0.15) is 74.7 Å². The van der Waals surface area contributed by atoms with Gasteiger partial charge in [-0.1, -0.05) is 51.8 Å². The van der Waals surface area contributed by atoms with Crippen LogP contribution in [0.15, 0.2) is 78.6 Å². The lowest BCUT2D eigenvalue weighted by Crippen LogP contribution is -2.21. The number of halogens is 1. The minimum atomic E-state index is -0.768. The van der Waals surface area contributed by atoms with Crippen LogP contribution >= 0.6 is 0 Å². The van der Waals surface area contributed by atoms with E-state index in [0.29, 0.717) is 18.5 Å². The third kappa shape index (κ3) is 7.01. The highest BCUT2D eigenvalue weighted by atomic mass is 19.1. The SMILES string of the molecule is C.C.C=C\C=C(/C(C)=C(C)/C=C(\C)c1ccc(C(=O)N(C)C)cc1C)c1ccc(N2CC[C@H](F)C2)c(C2=CN2)c1. The van der Waals surface area contributed by atoms with Crippen molar-refractivity contribution in [3.8, 4) is 0 Å². The smallest absolute Gasteiger partial charge is 0.253 e. The van der Waals surface area contributed by atoms with Crippen LogP contribution in [0.5, 0.6) is 0 Å². The molecule has 2 aliphatic heterocycles. The minimum Gasteiger partial charge on any atom is -0.368 e. The number of aryl methyl sites for hydroxylation is 1. The zero-order valence-corrected chi connectivity index (χ0v) is 23.4. The maximum Gasteiger partial charge on any atom is 0.253 e. The fraction of sp³-hybridized carbons (Fsp3) is 0.343. The quantitative estimate of drug-likeness (QED) is 0.340. The molecule has 2 aromatic carbocycles. The Morgan fingerprint density at radius 3 is 2.33 bits per heavy atom. The molecule has 214 valence electrons. The van der Waals surface area contributed by atoms with Crippen molar-refractivity contribution in [3.05, 3.63) is 106 Å². The first-order chi connectivity index (χ1) is 18.1. The number of carbonyl (C=O) groups excluding carboxylic acids is 1. The van der Waals surface area contributed by atoms with E-state index in [1.807, 2.05) is 37.4 Å².